The van der Waals surface area contributed by atoms with E-state index in [1.165, 1.54) is 0 Å². The van der Waals surface area contributed by atoms with Crippen molar-refractivity contribution in [3.05, 3.63) is 47.8 Å². The minimum atomic E-state index is -0.220. The highest BCUT2D eigenvalue weighted by Crippen LogP contribution is 2.29. The Morgan fingerprint density at radius 1 is 1.12 bits per heavy atom. The Morgan fingerprint density at radius 3 is 2.42 bits per heavy atom. The monoisotopic (exact) mass is 326 g/mol. The molecule has 2 aromatic rings. The van der Waals surface area contributed by atoms with Gasteiger partial charge in [-0.05, 0) is 37.0 Å². The van der Waals surface area contributed by atoms with Crippen molar-refractivity contribution in [2.45, 2.75) is 40.0 Å². The van der Waals surface area contributed by atoms with Crippen molar-refractivity contribution in [3.63, 3.8) is 0 Å². The lowest BCUT2D eigenvalue weighted by atomic mass is 9.86. The summed E-state index contributed by atoms with van der Waals surface area (Å²) in [5.41, 5.74) is 2.23. The molecule has 0 aliphatic rings. The molecule has 5 nitrogen and oxygen atoms in total. The smallest absolute Gasteiger partial charge is 0.274 e. The van der Waals surface area contributed by atoms with Gasteiger partial charge in [-0.15, -0.1) is 0 Å². The summed E-state index contributed by atoms with van der Waals surface area (Å²) >= 11 is 0. The van der Waals surface area contributed by atoms with Gasteiger partial charge in [0.25, 0.3) is 5.91 Å². The number of hydrogen-bond donors (Lipinski definition) is 1. The zero-order valence-corrected chi connectivity index (χ0v) is 15.1. The minimum Gasteiger partial charge on any atom is -0.341 e. The molecule has 0 fully saturated rings. The molecule has 1 N–H and O–H groups in total. The first-order valence-corrected chi connectivity index (χ1v) is 8.35. The fraction of sp³-hybridized carbons (Fsp3) is 0.421. The Labute approximate surface area is 144 Å². The Balaban J connectivity index is 2.27. The number of anilines is 2. The Hall–Kier alpha value is -2.43. The summed E-state index contributed by atoms with van der Waals surface area (Å²) in [5, 5.41) is 2.99. The van der Waals surface area contributed by atoms with Crippen molar-refractivity contribution in [2.75, 3.05) is 23.3 Å². The molecule has 2 rings (SSSR count). The third-order valence-electron chi connectivity index (χ3n) is 3.91. The second-order valence-electron chi connectivity index (χ2n) is 6.66. The van der Waals surface area contributed by atoms with E-state index in [-0.39, 0.29) is 11.3 Å². The first kappa shape index (κ1) is 17.9. The first-order valence-electron chi connectivity index (χ1n) is 8.35. The normalized spacial score (nSPS) is 11.2. The Bertz CT molecular complexity index is 703. The van der Waals surface area contributed by atoms with E-state index in [0.29, 0.717) is 11.6 Å². The molecular formula is C19H26N4O. The molecule has 1 aromatic heterocycles. The molecule has 0 aliphatic carbocycles. The third kappa shape index (κ3) is 4.10. The molecule has 1 heterocycles. The average molecular weight is 326 g/mol. The van der Waals surface area contributed by atoms with Gasteiger partial charge in [0.2, 0.25) is 5.95 Å². The fourth-order valence-corrected chi connectivity index (χ4v) is 2.57. The molecule has 0 saturated heterocycles. The van der Waals surface area contributed by atoms with Crippen LogP contribution in [0.3, 0.4) is 0 Å². The lowest BCUT2D eigenvalue weighted by molar-refractivity contribution is 0.102. The van der Waals surface area contributed by atoms with Crippen LogP contribution in [0.4, 0.5) is 11.6 Å². The lowest BCUT2D eigenvalue weighted by Gasteiger charge is -2.23. The predicted octanol–water partition coefficient (Wildman–Crippen LogP) is 3.87. The van der Waals surface area contributed by atoms with Gasteiger partial charge in [-0.3, -0.25) is 4.79 Å². The first-order chi connectivity index (χ1) is 11.4. The highest BCUT2D eigenvalue weighted by atomic mass is 16.1. The molecule has 0 spiro atoms. The van der Waals surface area contributed by atoms with E-state index >= 15 is 0 Å². The summed E-state index contributed by atoms with van der Waals surface area (Å²) < 4.78 is 0. The molecule has 0 unspecified atom stereocenters. The summed E-state index contributed by atoms with van der Waals surface area (Å²) in [7, 11) is 0. The van der Waals surface area contributed by atoms with E-state index in [4.69, 9.17) is 0 Å². The second kappa shape index (κ2) is 7.43. The van der Waals surface area contributed by atoms with Crippen molar-refractivity contribution in [1.82, 2.24) is 9.97 Å². The van der Waals surface area contributed by atoms with E-state index < -0.39 is 0 Å². The summed E-state index contributed by atoms with van der Waals surface area (Å²) in [6, 6.07) is 9.51. The number of carbonyl (C=O) groups excluding carboxylic acids is 1. The maximum absolute atomic E-state index is 12.6. The maximum Gasteiger partial charge on any atom is 0.274 e. The van der Waals surface area contributed by atoms with Crippen LogP contribution >= 0.6 is 0 Å². The quantitative estimate of drug-likeness (QED) is 0.906. The standard InChI is InChI=1S/C19H26N4O/c1-6-23(7-2)18-20-13-12-16(22-18)17(24)21-15-11-9-8-10-14(15)19(3,4)5/h8-13H,6-7H2,1-5H3,(H,21,24). The number of nitrogens with zero attached hydrogens (tertiary/aromatic N) is 3. The number of para-hydroxylation sites is 1. The largest absolute Gasteiger partial charge is 0.341 e. The molecule has 0 aliphatic heterocycles. The Kier molecular flexibility index (Phi) is 5.54. The van der Waals surface area contributed by atoms with Crippen molar-refractivity contribution < 1.29 is 4.79 Å². The molecule has 1 amide bonds. The summed E-state index contributed by atoms with van der Waals surface area (Å²) in [6.45, 7) is 12.1. The molecule has 0 radical (unpaired) electrons. The van der Waals surface area contributed by atoms with E-state index in [1.54, 1.807) is 12.3 Å². The molecule has 0 saturated carbocycles. The SMILES string of the molecule is CCN(CC)c1nccc(C(=O)Nc2ccccc2C(C)(C)C)n1. The van der Waals surface area contributed by atoms with E-state index in [1.807, 2.05) is 43.0 Å². The summed E-state index contributed by atoms with van der Waals surface area (Å²) in [4.78, 5) is 23.3. The van der Waals surface area contributed by atoms with Gasteiger partial charge in [0.1, 0.15) is 5.69 Å². The second-order valence-corrected chi connectivity index (χ2v) is 6.66. The van der Waals surface area contributed by atoms with Crippen LogP contribution in [0.5, 0.6) is 0 Å². The molecule has 0 atom stereocenters. The van der Waals surface area contributed by atoms with Gasteiger partial charge in [-0.25, -0.2) is 9.97 Å². The van der Waals surface area contributed by atoms with Crippen LogP contribution < -0.4 is 10.2 Å². The van der Waals surface area contributed by atoms with Crippen LogP contribution in [0, 0.1) is 0 Å². The highest BCUT2D eigenvalue weighted by Gasteiger charge is 2.19. The van der Waals surface area contributed by atoms with Gasteiger partial charge in [0, 0.05) is 25.0 Å². The third-order valence-corrected chi connectivity index (χ3v) is 3.91. The maximum atomic E-state index is 12.6. The van der Waals surface area contributed by atoms with Gasteiger partial charge in [0.05, 0.1) is 0 Å². The van der Waals surface area contributed by atoms with Crippen LogP contribution in [0.2, 0.25) is 0 Å². The number of aromatic nitrogens is 2. The fourth-order valence-electron chi connectivity index (χ4n) is 2.57. The zero-order chi connectivity index (χ0) is 17.7. The summed E-state index contributed by atoms with van der Waals surface area (Å²) in [5.74, 6) is 0.360. The molecular weight excluding hydrogens is 300 g/mol. The number of hydrogen-bond acceptors (Lipinski definition) is 4. The van der Waals surface area contributed by atoms with Gasteiger partial charge in [-0.1, -0.05) is 39.0 Å². The molecule has 1 aromatic carbocycles. The minimum absolute atomic E-state index is 0.0536. The van der Waals surface area contributed by atoms with Gasteiger partial charge >= 0.3 is 0 Å². The Morgan fingerprint density at radius 2 is 1.79 bits per heavy atom. The van der Waals surface area contributed by atoms with Crippen molar-refractivity contribution in [2.24, 2.45) is 0 Å². The van der Waals surface area contributed by atoms with E-state index in [9.17, 15) is 4.79 Å². The zero-order valence-electron chi connectivity index (χ0n) is 15.1. The van der Waals surface area contributed by atoms with E-state index in [0.717, 1.165) is 24.3 Å². The number of benzene rings is 1. The summed E-state index contributed by atoms with van der Waals surface area (Å²) in [6.07, 6.45) is 1.63. The highest BCUT2D eigenvalue weighted by molar-refractivity contribution is 6.03. The molecule has 5 heteroatoms. The van der Waals surface area contributed by atoms with Crippen molar-refractivity contribution >= 4 is 17.5 Å². The van der Waals surface area contributed by atoms with Crippen molar-refractivity contribution in [1.29, 1.82) is 0 Å². The topological polar surface area (TPSA) is 58.1 Å². The predicted molar refractivity (Wildman–Crippen MR) is 98.7 cm³/mol. The average Bonchev–Trinajstić information content (AvgIpc) is 2.56. The van der Waals surface area contributed by atoms with Crippen LogP contribution in [-0.4, -0.2) is 29.0 Å². The van der Waals surface area contributed by atoms with Gasteiger partial charge in [0.15, 0.2) is 0 Å². The number of nitrogens with one attached hydrogen (secondary N) is 1. The number of rotatable bonds is 5. The lowest BCUT2D eigenvalue weighted by Crippen LogP contribution is -2.25. The molecule has 128 valence electrons. The molecule has 24 heavy (non-hydrogen) atoms. The van der Waals surface area contributed by atoms with E-state index in [2.05, 4.69) is 36.1 Å². The van der Waals surface area contributed by atoms with Crippen LogP contribution in [0.25, 0.3) is 0 Å². The number of carbonyl (C=O) groups is 1. The number of amides is 1. The van der Waals surface area contributed by atoms with Gasteiger partial charge < -0.3 is 10.2 Å². The van der Waals surface area contributed by atoms with Crippen molar-refractivity contribution in [3.8, 4) is 0 Å². The van der Waals surface area contributed by atoms with Crippen LogP contribution in [0.1, 0.15) is 50.7 Å². The molecule has 0 bridgehead atoms. The van der Waals surface area contributed by atoms with Crippen LogP contribution in [0.15, 0.2) is 36.5 Å². The van der Waals surface area contributed by atoms with Crippen LogP contribution in [-0.2, 0) is 5.41 Å². The van der Waals surface area contributed by atoms with Gasteiger partial charge in [-0.2, -0.15) is 0 Å².